The van der Waals surface area contributed by atoms with Gasteiger partial charge in [0, 0.05) is 5.69 Å². The van der Waals surface area contributed by atoms with Gasteiger partial charge in [-0.25, -0.2) is 4.79 Å². The average molecular weight is 289 g/mol. The summed E-state index contributed by atoms with van der Waals surface area (Å²) < 4.78 is 0. The van der Waals surface area contributed by atoms with Gasteiger partial charge in [0.05, 0.1) is 5.56 Å². The number of nitrogen functional groups attached to an aromatic ring is 1. The molecule has 0 aliphatic carbocycles. The van der Waals surface area contributed by atoms with Crippen LogP contribution in [0.3, 0.4) is 0 Å². The second-order valence-corrected chi connectivity index (χ2v) is 4.20. The van der Waals surface area contributed by atoms with Crippen molar-refractivity contribution in [3.05, 3.63) is 59.2 Å². The fourth-order valence-corrected chi connectivity index (χ4v) is 1.37. The van der Waals surface area contributed by atoms with E-state index in [4.69, 9.17) is 15.9 Å². The Morgan fingerprint density at radius 1 is 0.952 bits per heavy atom. The van der Waals surface area contributed by atoms with Gasteiger partial charge in [0.2, 0.25) is 0 Å². The zero-order valence-electron chi connectivity index (χ0n) is 12.9. The van der Waals surface area contributed by atoms with Gasteiger partial charge in [-0.05, 0) is 61.4 Å². The van der Waals surface area contributed by atoms with Crippen LogP contribution in [-0.4, -0.2) is 16.2 Å². The van der Waals surface area contributed by atoms with E-state index in [1.54, 1.807) is 0 Å². The van der Waals surface area contributed by atoms with E-state index in [9.17, 15) is 4.79 Å². The molecular formula is C17H23NO3. The first-order chi connectivity index (χ1) is 9.90. The molecule has 0 radical (unpaired) electrons. The lowest BCUT2D eigenvalue weighted by molar-refractivity contribution is 0.0697. The standard InChI is InChI=1S/C8H11N.C7H6O3.C2H6/c1-6-3-4-8(9)5-7(6)2;8-6-3-1-5(2-4-6)7(9)10;1-2/h3-5H,9H2,1-2H3;1-4,8H,(H,9,10);1-2H3. The molecule has 2 aromatic carbocycles. The summed E-state index contributed by atoms with van der Waals surface area (Å²) in [6.07, 6.45) is 0. The number of carboxylic acid groups (broad SMARTS) is 1. The molecule has 4 nitrogen and oxygen atoms in total. The molecule has 21 heavy (non-hydrogen) atoms. The second-order valence-electron chi connectivity index (χ2n) is 4.20. The molecule has 0 unspecified atom stereocenters. The Bertz CT molecular complexity index is 563. The van der Waals surface area contributed by atoms with Crippen molar-refractivity contribution in [2.24, 2.45) is 0 Å². The van der Waals surface area contributed by atoms with E-state index in [1.165, 1.54) is 35.4 Å². The highest BCUT2D eigenvalue weighted by molar-refractivity contribution is 5.87. The Morgan fingerprint density at radius 2 is 1.48 bits per heavy atom. The minimum atomic E-state index is -0.986. The third kappa shape index (κ3) is 7.01. The van der Waals surface area contributed by atoms with Crippen LogP contribution < -0.4 is 5.73 Å². The van der Waals surface area contributed by atoms with E-state index in [0.29, 0.717) is 0 Å². The number of aromatic hydroxyl groups is 1. The fourth-order valence-electron chi connectivity index (χ4n) is 1.37. The predicted molar refractivity (Wildman–Crippen MR) is 86.7 cm³/mol. The first-order valence-corrected chi connectivity index (χ1v) is 6.75. The summed E-state index contributed by atoms with van der Waals surface area (Å²) >= 11 is 0. The van der Waals surface area contributed by atoms with Crippen LogP contribution in [0.4, 0.5) is 5.69 Å². The highest BCUT2D eigenvalue weighted by atomic mass is 16.4. The Morgan fingerprint density at radius 3 is 1.86 bits per heavy atom. The van der Waals surface area contributed by atoms with Crippen molar-refractivity contribution < 1.29 is 15.0 Å². The molecule has 4 N–H and O–H groups in total. The molecule has 0 fully saturated rings. The normalized spacial score (nSPS) is 8.76. The number of aryl methyl sites for hydroxylation is 2. The predicted octanol–water partition coefficient (Wildman–Crippen LogP) is 4.00. The summed E-state index contributed by atoms with van der Waals surface area (Å²) in [4.78, 5) is 10.2. The fraction of sp³-hybridized carbons (Fsp3) is 0.235. The molecule has 0 spiro atoms. The molecule has 0 saturated carbocycles. The quantitative estimate of drug-likeness (QED) is 0.693. The number of carbonyl (C=O) groups is 1. The summed E-state index contributed by atoms with van der Waals surface area (Å²) in [7, 11) is 0. The maximum Gasteiger partial charge on any atom is 0.335 e. The van der Waals surface area contributed by atoms with Crippen LogP contribution in [0.2, 0.25) is 0 Å². The van der Waals surface area contributed by atoms with Gasteiger partial charge >= 0.3 is 5.97 Å². The number of benzene rings is 2. The molecule has 2 aromatic rings. The molecule has 4 heteroatoms. The summed E-state index contributed by atoms with van der Waals surface area (Å²) in [6, 6.07) is 11.3. The van der Waals surface area contributed by atoms with Crippen molar-refractivity contribution in [2.75, 3.05) is 5.73 Å². The Labute approximate surface area is 125 Å². The lowest BCUT2D eigenvalue weighted by Crippen LogP contribution is -1.93. The topological polar surface area (TPSA) is 83.6 Å². The van der Waals surface area contributed by atoms with Gasteiger partial charge in [-0.1, -0.05) is 19.9 Å². The van der Waals surface area contributed by atoms with Crippen LogP contribution in [0.1, 0.15) is 35.3 Å². The zero-order chi connectivity index (χ0) is 16.4. The van der Waals surface area contributed by atoms with E-state index in [2.05, 4.69) is 13.8 Å². The molecule has 0 aliphatic rings. The van der Waals surface area contributed by atoms with Gasteiger partial charge in [-0.3, -0.25) is 0 Å². The maximum atomic E-state index is 10.2. The minimum Gasteiger partial charge on any atom is -0.508 e. The molecule has 0 heterocycles. The number of hydrogen-bond acceptors (Lipinski definition) is 3. The third-order valence-electron chi connectivity index (χ3n) is 2.65. The Hall–Kier alpha value is -2.49. The van der Waals surface area contributed by atoms with Gasteiger partial charge in [0.25, 0.3) is 0 Å². The van der Waals surface area contributed by atoms with Crippen LogP contribution in [0.15, 0.2) is 42.5 Å². The summed E-state index contributed by atoms with van der Waals surface area (Å²) in [5, 5.41) is 17.1. The highest BCUT2D eigenvalue weighted by Gasteiger charge is 1.99. The van der Waals surface area contributed by atoms with Gasteiger partial charge in [0.15, 0.2) is 0 Å². The number of phenols is 1. The van der Waals surface area contributed by atoms with Gasteiger partial charge in [0.1, 0.15) is 5.75 Å². The second kappa shape index (κ2) is 9.42. The summed E-state index contributed by atoms with van der Waals surface area (Å²) in [6.45, 7) is 8.14. The van der Waals surface area contributed by atoms with Crippen LogP contribution in [-0.2, 0) is 0 Å². The van der Waals surface area contributed by atoms with Crippen LogP contribution in [0.5, 0.6) is 5.75 Å². The van der Waals surface area contributed by atoms with Gasteiger partial charge < -0.3 is 15.9 Å². The minimum absolute atomic E-state index is 0.0741. The van der Waals surface area contributed by atoms with E-state index >= 15 is 0 Å². The molecule has 0 amide bonds. The molecule has 0 atom stereocenters. The highest BCUT2D eigenvalue weighted by Crippen LogP contribution is 2.10. The van der Waals surface area contributed by atoms with Crippen molar-refractivity contribution in [1.29, 1.82) is 0 Å². The van der Waals surface area contributed by atoms with Crippen LogP contribution >= 0.6 is 0 Å². The molecule has 0 aromatic heterocycles. The SMILES string of the molecule is CC.Cc1ccc(N)cc1C.O=C(O)c1ccc(O)cc1. The lowest BCUT2D eigenvalue weighted by atomic mass is 10.1. The molecule has 0 aliphatic heterocycles. The number of nitrogens with two attached hydrogens (primary N) is 1. The average Bonchev–Trinajstić information content (AvgIpc) is 2.46. The number of anilines is 1. The third-order valence-corrected chi connectivity index (χ3v) is 2.65. The zero-order valence-corrected chi connectivity index (χ0v) is 12.9. The van der Waals surface area contributed by atoms with Crippen molar-refractivity contribution in [3.8, 4) is 5.75 Å². The largest absolute Gasteiger partial charge is 0.508 e. The van der Waals surface area contributed by atoms with E-state index in [-0.39, 0.29) is 11.3 Å². The smallest absolute Gasteiger partial charge is 0.335 e. The molecule has 0 bridgehead atoms. The van der Waals surface area contributed by atoms with Crippen molar-refractivity contribution in [1.82, 2.24) is 0 Å². The number of aromatic carboxylic acids is 1. The van der Waals surface area contributed by atoms with Gasteiger partial charge in [-0.2, -0.15) is 0 Å². The molecular weight excluding hydrogens is 266 g/mol. The summed E-state index contributed by atoms with van der Waals surface area (Å²) in [5.74, 6) is -0.912. The molecule has 114 valence electrons. The molecule has 2 rings (SSSR count). The number of phenolic OH excluding ortho intramolecular Hbond substituents is 1. The number of hydrogen-bond donors (Lipinski definition) is 3. The van der Waals surface area contributed by atoms with Crippen molar-refractivity contribution in [3.63, 3.8) is 0 Å². The lowest BCUT2D eigenvalue weighted by Gasteiger charge is -1.98. The number of rotatable bonds is 1. The van der Waals surface area contributed by atoms with E-state index in [1.807, 2.05) is 32.0 Å². The van der Waals surface area contributed by atoms with Crippen LogP contribution in [0.25, 0.3) is 0 Å². The first kappa shape index (κ1) is 18.5. The number of carboxylic acids is 1. The maximum absolute atomic E-state index is 10.2. The first-order valence-electron chi connectivity index (χ1n) is 6.75. The summed E-state index contributed by atoms with van der Waals surface area (Å²) in [5.41, 5.74) is 9.11. The van der Waals surface area contributed by atoms with Crippen LogP contribution in [0, 0.1) is 13.8 Å². The van der Waals surface area contributed by atoms with Gasteiger partial charge in [-0.15, -0.1) is 0 Å². The van der Waals surface area contributed by atoms with E-state index in [0.717, 1.165) is 5.69 Å². The van der Waals surface area contributed by atoms with E-state index < -0.39 is 5.97 Å². The Balaban J connectivity index is 0.000000342. The molecule has 0 saturated heterocycles. The van der Waals surface area contributed by atoms with Crippen molar-refractivity contribution in [2.45, 2.75) is 27.7 Å². The monoisotopic (exact) mass is 289 g/mol. The van der Waals surface area contributed by atoms with Crippen molar-refractivity contribution >= 4 is 11.7 Å². The Kier molecular flexibility index (Phi) is 8.30.